The molecule has 0 spiro atoms. The second-order valence-corrected chi connectivity index (χ2v) is 30.9. The summed E-state index contributed by atoms with van der Waals surface area (Å²) in [5.41, 5.74) is -4.19. The van der Waals surface area contributed by atoms with E-state index in [2.05, 4.69) is 31.9 Å². The molecule has 530 valence electrons. The van der Waals surface area contributed by atoms with Crippen LogP contribution in [0.1, 0.15) is 69.1 Å². The van der Waals surface area contributed by atoms with Crippen LogP contribution in [0.5, 0.6) is 0 Å². The van der Waals surface area contributed by atoms with Gasteiger partial charge in [-0.3, -0.25) is 43.2 Å². The molecule has 95 heavy (non-hydrogen) atoms. The maximum atomic E-state index is 15.0. The first kappa shape index (κ1) is 88.1. The van der Waals surface area contributed by atoms with Gasteiger partial charge in [-0.1, -0.05) is 6.92 Å². The van der Waals surface area contributed by atoms with E-state index in [1.54, 1.807) is 203 Å². The predicted octanol–water partition coefficient (Wildman–Crippen LogP) is -3.04. The van der Waals surface area contributed by atoms with Crippen molar-refractivity contribution in [2.45, 2.75) is 61.9 Å². The van der Waals surface area contributed by atoms with Crippen molar-refractivity contribution < 1.29 is 120 Å². The zero-order valence-electron chi connectivity index (χ0n) is 49.8. The number of rotatable bonds is 33. The molecule has 3 aromatic rings. The number of carbonyl (C=O) groups excluding carboxylic acids is 9. The number of halogens is 9. The number of carbonyl (C=O) groups is 9. The second kappa shape index (κ2) is 40.1. The summed E-state index contributed by atoms with van der Waals surface area (Å²) >= 11 is 15.1. The van der Waals surface area contributed by atoms with Crippen LogP contribution in [0.25, 0.3) is 0 Å². The standard InChI is InChI=1S/C53H66I9N9O24/c1-53(14-63-44(87)23-29(54)26(50(93)69(2)5-17(78)8-72)35(60)38(32(23)57)66-47(90)41(84)20(81)11-75,15-64-45(88)24-30(55)27(51(94)70(3)6-18(79)9-73)36(61)39(33(24)58)67-48(91)42(85)21(82)12-76)16-65-46(89)25-31(56)28(52(95)71(4)7-19(80)10-74)37(62)40(34(25)59)68-49(92)43(86)22(83)13-77/h17-22,41-43,72-86H,5-16H2,1-4H3,(H,63,87)(H,64,88)(H,65,89)(H,66,90)(H,67,91)(H,68,92). The highest BCUT2D eigenvalue weighted by atomic mass is 127. The van der Waals surface area contributed by atoms with Gasteiger partial charge in [-0.05, 0) is 203 Å². The lowest BCUT2D eigenvalue weighted by atomic mass is 9.89. The van der Waals surface area contributed by atoms with Crippen molar-refractivity contribution in [2.75, 3.05) is 116 Å². The van der Waals surface area contributed by atoms with Crippen LogP contribution in [0.4, 0.5) is 17.1 Å². The average Bonchev–Trinajstić information content (AvgIpc) is 0.778. The zero-order chi connectivity index (χ0) is 72.7. The molecule has 0 aliphatic rings. The van der Waals surface area contributed by atoms with Crippen molar-refractivity contribution >= 4 is 274 Å². The van der Waals surface area contributed by atoms with E-state index < -0.39 is 192 Å². The molecule has 42 heteroatoms. The Bertz CT molecular complexity index is 3040. The summed E-state index contributed by atoms with van der Waals surface area (Å²) in [6, 6.07) is 0. The molecule has 0 aromatic heterocycles. The normalized spacial score (nSPS) is 14.9. The fraction of sp³-hybridized carbons (Fsp3) is 0.491. The first-order chi connectivity index (χ1) is 44.2. The Morgan fingerprint density at radius 3 is 0.737 bits per heavy atom. The second-order valence-electron chi connectivity index (χ2n) is 21.2. The third kappa shape index (κ3) is 22.4. The molecular formula is C53H66I9N9O24. The van der Waals surface area contributed by atoms with E-state index in [1.165, 1.54) is 28.1 Å². The molecule has 33 nitrogen and oxygen atoms in total. The number of nitrogens with zero attached hydrogens (tertiary/aromatic N) is 3. The Kier molecular flexibility index (Phi) is 37.1. The highest BCUT2D eigenvalue weighted by Gasteiger charge is 2.39. The van der Waals surface area contributed by atoms with Crippen LogP contribution in [-0.2, 0) is 14.4 Å². The molecule has 0 aliphatic carbocycles. The topological polar surface area (TPSA) is 539 Å². The van der Waals surface area contributed by atoms with E-state index in [0.29, 0.717) is 0 Å². The molecule has 0 radical (unpaired) electrons. The third-order valence-electron chi connectivity index (χ3n) is 13.6. The molecule has 0 heterocycles. The number of hydrogen-bond donors (Lipinski definition) is 21. The number of likely N-dealkylation sites (N-methyl/N-ethyl adjacent to an activating group) is 3. The average molecular weight is 2360 g/mol. The van der Waals surface area contributed by atoms with Gasteiger partial charge in [-0.25, -0.2) is 0 Å². The number of amides is 9. The molecule has 9 atom stereocenters. The van der Waals surface area contributed by atoms with E-state index >= 15 is 14.4 Å². The van der Waals surface area contributed by atoms with Gasteiger partial charge in [0.25, 0.3) is 53.2 Å². The fourth-order valence-electron chi connectivity index (χ4n) is 8.17. The van der Waals surface area contributed by atoms with Crippen molar-refractivity contribution in [3.8, 4) is 0 Å². The Balaban J connectivity index is 2.46. The summed E-state index contributed by atoms with van der Waals surface area (Å²) in [5, 5.41) is 166. The van der Waals surface area contributed by atoms with Gasteiger partial charge in [0, 0.05) is 76.5 Å². The van der Waals surface area contributed by atoms with E-state index in [-0.39, 0.29) is 82.6 Å². The minimum Gasteiger partial charge on any atom is -0.394 e. The molecule has 9 unspecified atom stereocenters. The number of aliphatic hydroxyl groups is 15. The van der Waals surface area contributed by atoms with Gasteiger partial charge in [0.15, 0.2) is 18.3 Å². The molecule has 3 aromatic carbocycles. The predicted molar refractivity (Wildman–Crippen MR) is 412 cm³/mol. The summed E-state index contributed by atoms with van der Waals surface area (Å²) in [6.07, 6.45) is -17.0. The Hall–Kier alpha value is -1.14. The SMILES string of the molecule is CN(CC(O)CO)C(=O)c1c(I)c(NC(=O)C(O)C(O)CO)c(I)c(C(=O)NCC(C)(CNC(=O)c2c(I)c(NC(=O)C(O)C(O)CO)c(I)c(C(=O)N(C)CC(O)CO)c2I)CNC(=O)c2c(I)c(NC(=O)C(O)C(O)CO)c(I)c(C(=O)N(C)CC(O)CO)c2I)c1I. The molecule has 0 saturated carbocycles. The number of nitrogens with one attached hydrogen (secondary N) is 6. The summed E-state index contributed by atoms with van der Waals surface area (Å²) in [5.74, 6) is -9.50. The quantitative estimate of drug-likeness (QED) is 0.0270. The fourth-order valence-corrected chi connectivity index (χ4v) is 21.3. The van der Waals surface area contributed by atoms with E-state index in [0.717, 1.165) is 14.7 Å². The lowest BCUT2D eigenvalue weighted by Gasteiger charge is -2.32. The van der Waals surface area contributed by atoms with Gasteiger partial charge in [0.1, 0.15) is 18.3 Å². The third-order valence-corrected chi connectivity index (χ3v) is 23.3. The van der Waals surface area contributed by atoms with Crippen LogP contribution in [0.3, 0.4) is 0 Å². The molecule has 9 amide bonds. The van der Waals surface area contributed by atoms with Crippen molar-refractivity contribution in [2.24, 2.45) is 5.41 Å². The molecule has 21 N–H and O–H groups in total. The molecule has 0 saturated heterocycles. The summed E-state index contributed by atoms with van der Waals surface area (Å²) in [4.78, 5) is 131. The monoisotopic (exact) mass is 2350 g/mol. The highest BCUT2D eigenvalue weighted by Crippen LogP contribution is 2.40. The number of aliphatic hydroxyl groups excluding tert-OH is 15. The highest BCUT2D eigenvalue weighted by molar-refractivity contribution is 14.1. The summed E-state index contributed by atoms with van der Waals surface area (Å²) in [7, 11) is 3.78. The lowest BCUT2D eigenvalue weighted by Crippen LogP contribution is -2.50. The Labute approximate surface area is 664 Å². The number of hydrogen-bond acceptors (Lipinski definition) is 24. The minimum absolute atomic E-state index is 0.0286. The zero-order valence-corrected chi connectivity index (χ0v) is 69.2. The maximum Gasteiger partial charge on any atom is 0.256 e. The first-order valence-electron chi connectivity index (χ1n) is 27.1. The van der Waals surface area contributed by atoms with Crippen LogP contribution >= 0.6 is 203 Å². The van der Waals surface area contributed by atoms with Gasteiger partial charge in [-0.2, -0.15) is 0 Å². The molecule has 0 bridgehead atoms. The number of benzene rings is 3. The van der Waals surface area contributed by atoms with Crippen molar-refractivity contribution in [3.63, 3.8) is 0 Å². The molecular weight excluding hydrogens is 2290 g/mol. The summed E-state index contributed by atoms with van der Waals surface area (Å²) in [6.45, 7) is -7.14. The maximum absolute atomic E-state index is 15.0. The first-order valence-corrected chi connectivity index (χ1v) is 36.8. The lowest BCUT2D eigenvalue weighted by molar-refractivity contribution is -0.131. The summed E-state index contributed by atoms with van der Waals surface area (Å²) < 4.78 is -0.540. The van der Waals surface area contributed by atoms with Gasteiger partial charge in [-0.15, -0.1) is 0 Å². The van der Waals surface area contributed by atoms with Gasteiger partial charge >= 0.3 is 0 Å². The Morgan fingerprint density at radius 1 is 0.347 bits per heavy atom. The van der Waals surface area contributed by atoms with E-state index in [9.17, 15) is 105 Å². The number of anilines is 3. The minimum atomic E-state index is -2.25. The van der Waals surface area contributed by atoms with Crippen LogP contribution in [-0.4, -0.2) is 299 Å². The van der Waals surface area contributed by atoms with E-state index in [4.69, 9.17) is 0 Å². The molecule has 0 fully saturated rings. The van der Waals surface area contributed by atoms with Crippen molar-refractivity contribution in [1.29, 1.82) is 0 Å². The van der Waals surface area contributed by atoms with Crippen LogP contribution in [0.15, 0.2) is 0 Å². The largest absolute Gasteiger partial charge is 0.394 e. The van der Waals surface area contributed by atoms with Crippen LogP contribution < -0.4 is 31.9 Å². The van der Waals surface area contributed by atoms with Gasteiger partial charge in [0.2, 0.25) is 0 Å². The van der Waals surface area contributed by atoms with Crippen molar-refractivity contribution in [3.05, 3.63) is 65.5 Å². The Morgan fingerprint density at radius 2 is 0.547 bits per heavy atom. The smallest absolute Gasteiger partial charge is 0.256 e. The van der Waals surface area contributed by atoms with E-state index in [1.807, 2.05) is 0 Å². The van der Waals surface area contributed by atoms with Crippen LogP contribution in [0.2, 0.25) is 0 Å². The molecule has 3 rings (SSSR count). The van der Waals surface area contributed by atoms with Gasteiger partial charge < -0.3 is 123 Å². The van der Waals surface area contributed by atoms with Crippen molar-refractivity contribution in [1.82, 2.24) is 30.7 Å². The van der Waals surface area contributed by atoms with Crippen LogP contribution in [0, 0.1) is 37.5 Å². The van der Waals surface area contributed by atoms with Gasteiger partial charge in [0.05, 0.1) is 130 Å². The molecule has 0 aliphatic heterocycles.